The second-order valence-corrected chi connectivity index (χ2v) is 8.40. The van der Waals surface area contributed by atoms with E-state index in [0.29, 0.717) is 41.1 Å². The molecule has 190 valence electrons. The summed E-state index contributed by atoms with van der Waals surface area (Å²) in [6.45, 7) is 8.15. The lowest BCUT2D eigenvalue weighted by Crippen LogP contribution is -2.31. The molecule has 0 bridgehead atoms. The van der Waals surface area contributed by atoms with E-state index in [0.717, 1.165) is 31.4 Å². The second kappa shape index (κ2) is 11.4. The molecule has 3 aromatic rings. The maximum Gasteiger partial charge on any atom is 0.573 e. The fourth-order valence-corrected chi connectivity index (χ4v) is 4.24. The van der Waals surface area contributed by atoms with E-state index in [1.54, 1.807) is 13.0 Å². The number of aromatic nitrogens is 3. The molecular formula is C25H31F3N4O3. The van der Waals surface area contributed by atoms with Crippen molar-refractivity contribution in [2.75, 3.05) is 6.54 Å². The predicted octanol–water partition coefficient (Wildman–Crippen LogP) is 6.31. The molecule has 1 saturated carbocycles. The Bertz CT molecular complexity index is 1100. The molecule has 7 nitrogen and oxygen atoms in total. The van der Waals surface area contributed by atoms with Gasteiger partial charge in [-0.2, -0.15) is 0 Å². The highest BCUT2D eigenvalue weighted by molar-refractivity contribution is 6.00. The van der Waals surface area contributed by atoms with Gasteiger partial charge in [-0.1, -0.05) is 13.8 Å². The number of nitrogens with one attached hydrogen (secondary N) is 2. The van der Waals surface area contributed by atoms with Gasteiger partial charge in [0.2, 0.25) is 11.8 Å². The molecule has 1 aromatic carbocycles. The normalized spacial score (nSPS) is 17.9. The van der Waals surface area contributed by atoms with Gasteiger partial charge in [-0.25, -0.2) is 0 Å². The highest BCUT2D eigenvalue weighted by Crippen LogP contribution is 2.35. The molecule has 1 amide bonds. The average Bonchev–Trinajstić information content (AvgIpc) is 3.44. The summed E-state index contributed by atoms with van der Waals surface area (Å²) in [5, 5.41) is 11.0. The first-order valence-corrected chi connectivity index (χ1v) is 11.8. The molecule has 0 aliphatic heterocycles. The molecular weight excluding hydrogens is 461 g/mol. The third-order valence-corrected chi connectivity index (χ3v) is 5.86. The van der Waals surface area contributed by atoms with Crippen molar-refractivity contribution in [2.24, 2.45) is 5.92 Å². The van der Waals surface area contributed by atoms with Crippen LogP contribution in [0.1, 0.15) is 73.3 Å². The van der Waals surface area contributed by atoms with Gasteiger partial charge in [0.1, 0.15) is 5.75 Å². The molecule has 0 unspecified atom stereocenters. The molecule has 2 aromatic heterocycles. The Balaban J connectivity index is 0.00000167. The quantitative estimate of drug-likeness (QED) is 0.421. The van der Waals surface area contributed by atoms with Crippen LogP contribution in [0.5, 0.6) is 5.75 Å². The van der Waals surface area contributed by atoms with E-state index in [4.69, 9.17) is 4.42 Å². The van der Waals surface area contributed by atoms with E-state index in [1.807, 2.05) is 20.8 Å². The molecule has 1 aliphatic rings. The highest BCUT2D eigenvalue weighted by Gasteiger charge is 2.31. The van der Waals surface area contributed by atoms with Gasteiger partial charge in [-0.3, -0.25) is 4.79 Å². The first-order chi connectivity index (χ1) is 16.7. The largest absolute Gasteiger partial charge is 0.573 e. The minimum absolute atomic E-state index is 0.223. The van der Waals surface area contributed by atoms with Crippen molar-refractivity contribution in [1.29, 1.82) is 0 Å². The van der Waals surface area contributed by atoms with Gasteiger partial charge < -0.3 is 19.5 Å². The summed E-state index contributed by atoms with van der Waals surface area (Å²) in [6.07, 6.45) is -0.983. The van der Waals surface area contributed by atoms with Crippen LogP contribution in [0.4, 0.5) is 13.2 Å². The van der Waals surface area contributed by atoms with Gasteiger partial charge in [0.15, 0.2) is 0 Å². The SMILES string of the molecule is CC.Cc1cc(C(=O)NCC2CCC(c3nnc(C)o3)CC2)c(-c2ccc(OC(F)(F)F)cc2)[nH]1. The number of nitrogens with zero attached hydrogens (tertiary/aromatic N) is 2. The molecule has 2 N–H and O–H groups in total. The highest BCUT2D eigenvalue weighted by atomic mass is 19.4. The first kappa shape index (κ1) is 26.3. The van der Waals surface area contributed by atoms with E-state index < -0.39 is 6.36 Å². The van der Waals surface area contributed by atoms with Crippen molar-refractivity contribution in [2.45, 2.75) is 65.7 Å². The summed E-state index contributed by atoms with van der Waals surface area (Å²) in [4.78, 5) is 16.0. The number of aromatic amines is 1. The number of hydrogen-bond acceptors (Lipinski definition) is 5. The van der Waals surface area contributed by atoms with Gasteiger partial charge in [-0.05, 0) is 74.4 Å². The van der Waals surface area contributed by atoms with Crippen LogP contribution in [-0.2, 0) is 0 Å². The van der Waals surface area contributed by atoms with Crippen molar-refractivity contribution >= 4 is 5.91 Å². The van der Waals surface area contributed by atoms with Crippen LogP contribution in [-0.4, -0.2) is 34.0 Å². The van der Waals surface area contributed by atoms with Crippen LogP contribution >= 0.6 is 0 Å². The Morgan fingerprint density at radius 1 is 1.11 bits per heavy atom. The maximum atomic E-state index is 12.9. The minimum atomic E-state index is -4.75. The van der Waals surface area contributed by atoms with Gasteiger partial charge in [0.05, 0.1) is 11.3 Å². The van der Waals surface area contributed by atoms with Crippen LogP contribution in [0.25, 0.3) is 11.3 Å². The summed E-state index contributed by atoms with van der Waals surface area (Å²) in [6, 6.07) is 7.17. The number of hydrogen-bond donors (Lipinski definition) is 2. The second-order valence-electron chi connectivity index (χ2n) is 8.40. The molecule has 0 spiro atoms. The third kappa shape index (κ3) is 7.10. The standard InChI is InChI=1S/C23H25F3N4O3.C2H6/c1-13-11-19(20(28-13)16-7-9-18(10-8-16)33-23(24,25)26)21(31)27-12-15-3-5-17(6-4-15)22-30-29-14(2)32-22;1-2/h7-11,15,17,28H,3-6,12H2,1-2H3,(H,27,31);1-2H3. The number of carbonyl (C=O) groups is 1. The number of H-pyrrole nitrogens is 1. The van der Waals surface area contributed by atoms with Crippen molar-refractivity contribution in [3.05, 3.63) is 53.4 Å². The average molecular weight is 493 g/mol. The van der Waals surface area contributed by atoms with Crippen LogP contribution in [0.3, 0.4) is 0 Å². The van der Waals surface area contributed by atoms with Crippen LogP contribution in [0.2, 0.25) is 0 Å². The van der Waals surface area contributed by atoms with Crippen molar-refractivity contribution in [3.63, 3.8) is 0 Å². The van der Waals surface area contributed by atoms with E-state index in [2.05, 4.69) is 25.2 Å². The zero-order valence-corrected chi connectivity index (χ0v) is 20.3. The summed E-state index contributed by atoms with van der Waals surface area (Å²) in [5.41, 5.74) is 2.38. The van der Waals surface area contributed by atoms with Gasteiger partial charge >= 0.3 is 6.36 Å². The van der Waals surface area contributed by atoms with E-state index in [-0.39, 0.29) is 17.6 Å². The fourth-order valence-electron chi connectivity index (χ4n) is 4.24. The monoisotopic (exact) mass is 492 g/mol. The summed E-state index contributed by atoms with van der Waals surface area (Å²) >= 11 is 0. The number of aryl methyl sites for hydroxylation is 2. The first-order valence-electron chi connectivity index (χ1n) is 11.8. The third-order valence-electron chi connectivity index (χ3n) is 5.86. The maximum absolute atomic E-state index is 12.9. The van der Waals surface area contributed by atoms with Crippen molar-refractivity contribution in [3.8, 4) is 17.0 Å². The smallest absolute Gasteiger partial charge is 0.425 e. The number of alkyl halides is 3. The number of benzene rings is 1. The molecule has 10 heteroatoms. The summed E-state index contributed by atoms with van der Waals surface area (Å²) in [5.74, 6) is 1.35. The Kier molecular flexibility index (Phi) is 8.58. The van der Waals surface area contributed by atoms with Crippen molar-refractivity contribution < 1.29 is 27.1 Å². The molecule has 35 heavy (non-hydrogen) atoms. The lowest BCUT2D eigenvalue weighted by Gasteiger charge is -2.26. The Morgan fingerprint density at radius 3 is 2.34 bits per heavy atom. The number of amides is 1. The lowest BCUT2D eigenvalue weighted by molar-refractivity contribution is -0.274. The molecule has 4 rings (SSSR count). The Hall–Kier alpha value is -3.30. The van der Waals surface area contributed by atoms with Crippen LogP contribution < -0.4 is 10.1 Å². The van der Waals surface area contributed by atoms with E-state index in [1.165, 1.54) is 24.3 Å². The summed E-state index contributed by atoms with van der Waals surface area (Å²) in [7, 11) is 0. The topological polar surface area (TPSA) is 93.0 Å². The molecule has 2 heterocycles. The zero-order chi connectivity index (χ0) is 25.6. The lowest BCUT2D eigenvalue weighted by atomic mass is 9.82. The predicted molar refractivity (Wildman–Crippen MR) is 125 cm³/mol. The minimum Gasteiger partial charge on any atom is -0.425 e. The summed E-state index contributed by atoms with van der Waals surface area (Å²) < 4.78 is 46.6. The molecule has 0 radical (unpaired) electrons. The fraction of sp³-hybridized carbons (Fsp3) is 0.480. The molecule has 1 fully saturated rings. The number of halogens is 3. The molecule has 0 saturated heterocycles. The van der Waals surface area contributed by atoms with E-state index >= 15 is 0 Å². The Morgan fingerprint density at radius 2 is 1.77 bits per heavy atom. The molecule has 0 atom stereocenters. The van der Waals surface area contributed by atoms with Gasteiger partial charge in [0, 0.05) is 25.1 Å². The number of rotatable bonds is 6. The Labute approximate surface area is 202 Å². The van der Waals surface area contributed by atoms with Crippen molar-refractivity contribution in [1.82, 2.24) is 20.5 Å². The van der Waals surface area contributed by atoms with Crippen LogP contribution in [0, 0.1) is 19.8 Å². The number of ether oxygens (including phenoxy) is 1. The van der Waals surface area contributed by atoms with Gasteiger partial charge in [-0.15, -0.1) is 23.4 Å². The molecule has 1 aliphatic carbocycles. The van der Waals surface area contributed by atoms with E-state index in [9.17, 15) is 18.0 Å². The number of carbonyl (C=O) groups excluding carboxylic acids is 1. The van der Waals surface area contributed by atoms with Crippen LogP contribution in [0.15, 0.2) is 34.7 Å². The van der Waals surface area contributed by atoms with Gasteiger partial charge in [0.25, 0.3) is 5.91 Å². The zero-order valence-electron chi connectivity index (χ0n) is 20.3.